The molecule has 0 radical (unpaired) electrons. The highest BCUT2D eigenvalue weighted by Gasteiger charge is 2.33. The first-order chi connectivity index (χ1) is 9.69. The molecule has 1 N–H and O–H groups in total. The van der Waals surface area contributed by atoms with Crippen LogP contribution in [0.5, 0.6) is 5.75 Å². The second kappa shape index (κ2) is 7.09. The van der Waals surface area contributed by atoms with Gasteiger partial charge in [-0.1, -0.05) is 34.1 Å². The predicted octanol–water partition coefficient (Wildman–Crippen LogP) is 2.30. The lowest BCUT2D eigenvalue weighted by atomic mass is 9.92. The summed E-state index contributed by atoms with van der Waals surface area (Å²) in [5.74, 6) is 0.776. The minimum Gasteiger partial charge on any atom is -0.496 e. The van der Waals surface area contributed by atoms with Gasteiger partial charge in [-0.25, -0.2) is 0 Å². The Kier molecular flexibility index (Phi) is 5.43. The monoisotopic (exact) mass is 341 g/mol. The Bertz CT molecular complexity index is 458. The standard InChI is InChI=1S/C15H20BrNO3/c1-19-13-5-3-2-4-12(13)10-14(18)17-15(11-16)6-8-20-9-7-15/h2-5H,6-11H2,1H3,(H,17,18). The Morgan fingerprint density at radius 3 is 2.75 bits per heavy atom. The number of halogens is 1. The van der Waals surface area contributed by atoms with Gasteiger partial charge >= 0.3 is 0 Å². The molecule has 0 saturated carbocycles. The van der Waals surface area contributed by atoms with E-state index in [1.807, 2.05) is 24.3 Å². The molecular weight excluding hydrogens is 322 g/mol. The molecule has 1 aliphatic heterocycles. The van der Waals surface area contributed by atoms with Crippen LogP contribution in [0.15, 0.2) is 24.3 Å². The van der Waals surface area contributed by atoms with Crippen molar-refractivity contribution in [2.45, 2.75) is 24.8 Å². The zero-order valence-corrected chi connectivity index (χ0v) is 13.2. The van der Waals surface area contributed by atoms with Crippen LogP contribution in [0, 0.1) is 0 Å². The van der Waals surface area contributed by atoms with Gasteiger partial charge in [0, 0.05) is 24.1 Å². The van der Waals surface area contributed by atoms with Crippen LogP contribution in [0.2, 0.25) is 0 Å². The van der Waals surface area contributed by atoms with Crippen molar-refractivity contribution >= 4 is 21.8 Å². The summed E-state index contributed by atoms with van der Waals surface area (Å²) in [5, 5.41) is 3.91. The molecule has 0 spiro atoms. The van der Waals surface area contributed by atoms with Gasteiger partial charge in [0.1, 0.15) is 5.75 Å². The van der Waals surface area contributed by atoms with E-state index in [1.54, 1.807) is 7.11 Å². The van der Waals surface area contributed by atoms with Crippen LogP contribution in [0.25, 0.3) is 0 Å². The van der Waals surface area contributed by atoms with Crippen LogP contribution in [0.4, 0.5) is 0 Å². The molecule has 1 fully saturated rings. The van der Waals surface area contributed by atoms with Crippen molar-refractivity contribution in [2.75, 3.05) is 25.7 Å². The van der Waals surface area contributed by atoms with Crippen molar-refractivity contribution in [3.8, 4) is 5.75 Å². The fraction of sp³-hybridized carbons (Fsp3) is 0.533. The molecule has 2 rings (SSSR count). The number of nitrogens with one attached hydrogen (secondary N) is 1. The van der Waals surface area contributed by atoms with E-state index < -0.39 is 0 Å². The van der Waals surface area contributed by atoms with E-state index in [-0.39, 0.29) is 11.4 Å². The number of hydrogen-bond acceptors (Lipinski definition) is 3. The summed E-state index contributed by atoms with van der Waals surface area (Å²) in [5.41, 5.74) is 0.724. The Hall–Kier alpha value is -1.07. The molecule has 0 atom stereocenters. The van der Waals surface area contributed by atoms with Gasteiger partial charge < -0.3 is 14.8 Å². The van der Waals surface area contributed by atoms with Gasteiger partial charge in [0.05, 0.1) is 19.1 Å². The third-order valence-corrected chi connectivity index (χ3v) is 4.73. The molecule has 1 amide bonds. The number of rotatable bonds is 5. The molecule has 110 valence electrons. The summed E-state index contributed by atoms with van der Waals surface area (Å²) in [7, 11) is 1.62. The van der Waals surface area contributed by atoms with Crippen molar-refractivity contribution in [3.63, 3.8) is 0 Å². The van der Waals surface area contributed by atoms with Crippen molar-refractivity contribution in [1.82, 2.24) is 5.32 Å². The molecule has 1 aromatic rings. The topological polar surface area (TPSA) is 47.6 Å². The molecule has 0 aliphatic carbocycles. The fourth-order valence-corrected chi connectivity index (χ4v) is 3.12. The molecular formula is C15H20BrNO3. The second-order valence-electron chi connectivity index (χ2n) is 5.06. The number of benzene rings is 1. The average molecular weight is 342 g/mol. The Balaban J connectivity index is 2.01. The lowest BCUT2D eigenvalue weighted by Gasteiger charge is -2.36. The van der Waals surface area contributed by atoms with E-state index in [0.29, 0.717) is 19.6 Å². The molecule has 1 aliphatic rings. The Morgan fingerprint density at radius 2 is 2.10 bits per heavy atom. The number of carbonyl (C=O) groups is 1. The summed E-state index contributed by atoms with van der Waals surface area (Å²) in [6, 6.07) is 7.61. The van der Waals surface area contributed by atoms with E-state index in [9.17, 15) is 4.79 Å². The third kappa shape index (κ3) is 3.73. The minimum atomic E-state index is -0.183. The molecule has 1 saturated heterocycles. The van der Waals surface area contributed by atoms with Gasteiger partial charge in [0.15, 0.2) is 0 Å². The minimum absolute atomic E-state index is 0.0239. The third-order valence-electron chi connectivity index (χ3n) is 3.65. The number of methoxy groups -OCH3 is 1. The fourth-order valence-electron chi connectivity index (χ4n) is 2.42. The number of carbonyl (C=O) groups excluding carboxylic acids is 1. The Labute approximate surface area is 128 Å². The van der Waals surface area contributed by atoms with Crippen molar-refractivity contribution in [3.05, 3.63) is 29.8 Å². The number of alkyl halides is 1. The highest BCUT2D eigenvalue weighted by molar-refractivity contribution is 9.09. The van der Waals surface area contributed by atoms with Crippen molar-refractivity contribution < 1.29 is 14.3 Å². The number of hydrogen-bond donors (Lipinski definition) is 1. The van der Waals surface area contributed by atoms with E-state index >= 15 is 0 Å². The molecule has 4 nitrogen and oxygen atoms in total. The normalized spacial score (nSPS) is 17.5. The summed E-state index contributed by atoms with van der Waals surface area (Å²) in [4.78, 5) is 12.3. The van der Waals surface area contributed by atoms with Gasteiger partial charge in [-0.2, -0.15) is 0 Å². The first-order valence-electron chi connectivity index (χ1n) is 6.76. The molecule has 5 heteroatoms. The summed E-state index contributed by atoms with van der Waals surface area (Å²) >= 11 is 3.52. The summed E-state index contributed by atoms with van der Waals surface area (Å²) < 4.78 is 10.6. The maximum atomic E-state index is 12.3. The van der Waals surface area contributed by atoms with Gasteiger partial charge in [-0.15, -0.1) is 0 Å². The molecule has 0 aromatic heterocycles. The Morgan fingerprint density at radius 1 is 1.40 bits per heavy atom. The lowest BCUT2D eigenvalue weighted by molar-refractivity contribution is -0.123. The quantitative estimate of drug-likeness (QED) is 0.836. The molecule has 0 unspecified atom stereocenters. The number of amides is 1. The van der Waals surface area contributed by atoms with Gasteiger partial charge in [-0.05, 0) is 18.9 Å². The highest BCUT2D eigenvalue weighted by Crippen LogP contribution is 2.24. The maximum absolute atomic E-state index is 12.3. The largest absolute Gasteiger partial charge is 0.496 e. The molecule has 0 bridgehead atoms. The van der Waals surface area contributed by atoms with Crippen LogP contribution in [-0.2, 0) is 16.0 Å². The molecule has 1 heterocycles. The summed E-state index contributed by atoms with van der Waals surface area (Å²) in [6.45, 7) is 1.39. The zero-order valence-electron chi connectivity index (χ0n) is 11.7. The van der Waals surface area contributed by atoms with Gasteiger partial charge in [-0.3, -0.25) is 4.79 Å². The van der Waals surface area contributed by atoms with Crippen LogP contribution in [-0.4, -0.2) is 37.1 Å². The van der Waals surface area contributed by atoms with E-state index in [0.717, 1.165) is 29.5 Å². The highest BCUT2D eigenvalue weighted by atomic mass is 79.9. The van der Waals surface area contributed by atoms with Crippen LogP contribution < -0.4 is 10.1 Å². The second-order valence-corrected chi connectivity index (χ2v) is 5.62. The van der Waals surface area contributed by atoms with E-state index in [4.69, 9.17) is 9.47 Å². The molecule has 20 heavy (non-hydrogen) atoms. The average Bonchev–Trinajstić information content (AvgIpc) is 2.48. The maximum Gasteiger partial charge on any atom is 0.225 e. The van der Waals surface area contributed by atoms with E-state index in [2.05, 4.69) is 21.2 Å². The van der Waals surface area contributed by atoms with Crippen LogP contribution in [0.3, 0.4) is 0 Å². The first-order valence-corrected chi connectivity index (χ1v) is 7.88. The van der Waals surface area contributed by atoms with Crippen LogP contribution >= 0.6 is 15.9 Å². The number of ether oxygens (including phenoxy) is 2. The van der Waals surface area contributed by atoms with Crippen molar-refractivity contribution in [2.24, 2.45) is 0 Å². The van der Waals surface area contributed by atoms with Gasteiger partial charge in [0.25, 0.3) is 0 Å². The van der Waals surface area contributed by atoms with Crippen molar-refractivity contribution in [1.29, 1.82) is 0 Å². The first kappa shape index (κ1) is 15.3. The predicted molar refractivity (Wildman–Crippen MR) is 81.4 cm³/mol. The SMILES string of the molecule is COc1ccccc1CC(=O)NC1(CBr)CCOCC1. The smallest absolute Gasteiger partial charge is 0.225 e. The van der Waals surface area contributed by atoms with Crippen LogP contribution in [0.1, 0.15) is 18.4 Å². The number of para-hydroxylation sites is 1. The lowest BCUT2D eigenvalue weighted by Crippen LogP contribution is -2.53. The summed E-state index contributed by atoms with van der Waals surface area (Å²) in [6.07, 6.45) is 2.02. The van der Waals surface area contributed by atoms with E-state index in [1.165, 1.54) is 0 Å². The molecule has 1 aromatic carbocycles. The zero-order chi connectivity index (χ0) is 14.4. The van der Waals surface area contributed by atoms with Gasteiger partial charge in [0.2, 0.25) is 5.91 Å².